The van der Waals surface area contributed by atoms with Crippen molar-refractivity contribution in [3.63, 3.8) is 0 Å². The first-order chi connectivity index (χ1) is 62.3. The lowest BCUT2D eigenvalue weighted by molar-refractivity contribution is -0.149. The number of nitrogens with zero attached hydrogens (tertiary/aromatic N) is 5. The number of nitrogens with two attached hydrogens (primary N) is 3. The standard InChI is InChI=1S/C88H124N20O22S/c1-10-12-23-67-81(122)97-59(33-47(3)4)77(118)103-66(76(117)94-41-73(91)114)45-131-46-74(115)95-61(34-49-26-28-53(130-9)29-27-49)84(125)104(6)48(5)75(116)99-63(38-72(90)113)87(128)107-32-18-25-68(107)82(123)102-65(44-110)79(120)96-58(30-31-71(89)112)86(127)108-42-52(111)37-70(108)83(124)98-60(35-50-39-92-56-21-16-14-19-54(50)56)78(119)101-64(43-109)80(121)100-62(36-51-40-93-57-22-17-15-20-55(51)57)85(126)106(8)69(24-13-11-2)88(129)105(67)7/h14-17,19-22,26-29,39-40,47-48,52,58-70,92-93,109-111H,10-13,18,23-25,30-38,41-46H2,1-9H3,(H2,89,112)(H2,90,113)(H2,91,114)(H,94,117)(H,95,115)(H,96,120)(H,97,122)(H,98,124)(H,99,116)(H,100,121)(H,101,119)(H,102,123)(H,103,118)/t48-,52+,58-,59-,60-,61-,62-,63+,64-,65-,66-,67-,68-,69-,70-/m0/s1. The second kappa shape index (κ2) is 49.3. The summed E-state index contributed by atoms with van der Waals surface area (Å²) in [4.78, 5) is 272. The Labute approximate surface area is 761 Å². The maximum absolute atomic E-state index is 15.7. The van der Waals surface area contributed by atoms with Gasteiger partial charge in [-0.05, 0) is 92.3 Å². The van der Waals surface area contributed by atoms with E-state index in [4.69, 9.17) is 21.9 Å². The number of rotatable bonds is 25. The molecular weight excluding hydrogens is 1720 g/mol. The second-order valence-electron chi connectivity index (χ2n) is 33.6. The molecule has 0 unspecified atom stereocenters. The third kappa shape index (κ3) is 28.6. The number of likely N-dealkylation sites (N-methyl/N-ethyl adjacent to an activating group) is 3. The smallest absolute Gasteiger partial charge is 0.246 e. The topological polar surface area (TPSA) is 623 Å². The van der Waals surface area contributed by atoms with Crippen LogP contribution in [0.2, 0.25) is 0 Å². The number of unbranched alkanes of at least 4 members (excludes halogenated alkanes) is 2. The molecule has 8 rings (SSSR count). The van der Waals surface area contributed by atoms with Gasteiger partial charge in [-0.2, -0.15) is 0 Å². The molecule has 2 aromatic heterocycles. The maximum Gasteiger partial charge on any atom is 0.246 e. The Balaban J connectivity index is 1.18. The Bertz CT molecular complexity index is 4930. The van der Waals surface area contributed by atoms with Crippen LogP contribution in [-0.4, -0.2) is 319 Å². The van der Waals surface area contributed by atoms with Gasteiger partial charge in [0.15, 0.2) is 0 Å². The van der Waals surface area contributed by atoms with E-state index in [0.29, 0.717) is 69.9 Å². The summed E-state index contributed by atoms with van der Waals surface area (Å²) in [6, 6.07) is -2.28. The molecule has 131 heavy (non-hydrogen) atoms. The predicted octanol–water partition coefficient (Wildman–Crippen LogP) is -3.60. The van der Waals surface area contributed by atoms with Crippen LogP contribution in [0.5, 0.6) is 5.75 Å². The molecule has 5 heterocycles. The van der Waals surface area contributed by atoms with Gasteiger partial charge in [0, 0.05) is 106 Å². The van der Waals surface area contributed by atoms with Gasteiger partial charge in [0.1, 0.15) is 90.3 Å². The Morgan fingerprint density at radius 2 is 1.03 bits per heavy atom. The quantitative estimate of drug-likeness (QED) is 0.0268. The minimum atomic E-state index is -1.94. The number of para-hydroxylation sites is 2. The molecule has 0 aliphatic carbocycles. The average molecular weight is 1850 g/mol. The molecule has 15 atom stereocenters. The number of nitrogens with one attached hydrogen (secondary N) is 12. The van der Waals surface area contributed by atoms with Gasteiger partial charge in [0.25, 0.3) is 0 Å². The van der Waals surface area contributed by atoms with Crippen LogP contribution in [0.25, 0.3) is 21.8 Å². The molecule has 3 saturated heterocycles. The lowest BCUT2D eigenvalue weighted by Gasteiger charge is -2.36. The molecule has 21 N–H and O–H groups in total. The van der Waals surface area contributed by atoms with Crippen LogP contribution >= 0.6 is 11.8 Å². The number of hydrogen-bond donors (Lipinski definition) is 18. The molecule has 5 aromatic rings. The molecule has 3 aliphatic rings. The highest BCUT2D eigenvalue weighted by molar-refractivity contribution is 8.00. The minimum absolute atomic E-state index is 0.00349. The number of carbonyl (C=O) groups excluding carboxylic acids is 18. The SMILES string of the molecule is CCCC[C@H]1C(=O)N(C)[C@@H](CCCC)C(=O)N[C@@H](CC(C)C)C(=O)N[C@H](C(=O)NCC(N)=O)CSCC(=O)N[C@@H](Cc2ccc(OC)cc2)C(=O)N(C)[C@@H](C)C(=O)N[C@H](CC(N)=O)C(=O)N2CCC[C@H]2C(=O)N[C@@H](CO)C(=O)N[C@@H](CCC(N)=O)C(=O)N2C[C@H](O)C[C@H]2C(=O)N[C@@H](Cc2c[nH]c3ccccc23)C(=O)N[C@@H](CO)C(=O)N[C@@H](Cc2c[nH]c3ccccc23)C(=O)N1C. The normalized spacial score (nSPS) is 25.2. The highest BCUT2D eigenvalue weighted by Gasteiger charge is 2.47. The summed E-state index contributed by atoms with van der Waals surface area (Å²) in [6.07, 6.45) is 0.0747. The number of carbonyl (C=O) groups is 18. The molecule has 0 saturated carbocycles. The lowest BCUT2D eigenvalue weighted by Crippen LogP contribution is -2.62. The summed E-state index contributed by atoms with van der Waals surface area (Å²) in [7, 11) is 5.35. The average Bonchev–Trinajstić information content (AvgIpc) is 1.76. The molecule has 3 aromatic carbocycles. The molecule has 18 amide bonds. The van der Waals surface area contributed by atoms with Gasteiger partial charge >= 0.3 is 0 Å². The van der Waals surface area contributed by atoms with E-state index < -0.39 is 261 Å². The van der Waals surface area contributed by atoms with Gasteiger partial charge < -0.3 is 125 Å². The fourth-order valence-corrected chi connectivity index (χ4v) is 16.9. The number of methoxy groups -OCH3 is 1. The number of aromatic nitrogens is 2. The zero-order valence-electron chi connectivity index (χ0n) is 75.1. The molecule has 0 spiro atoms. The molecule has 0 bridgehead atoms. The van der Waals surface area contributed by atoms with E-state index in [1.807, 2.05) is 13.8 Å². The lowest BCUT2D eigenvalue weighted by atomic mass is 9.99. The summed E-state index contributed by atoms with van der Waals surface area (Å²) in [5, 5.41) is 60.1. The molecule has 42 nitrogen and oxygen atoms in total. The number of ether oxygens (including phenoxy) is 1. The number of fused-ring (bicyclic) bond motifs is 4. The van der Waals surface area contributed by atoms with Gasteiger partial charge in [0.05, 0.1) is 45.1 Å². The number of hydrogen-bond acceptors (Lipinski definition) is 23. The van der Waals surface area contributed by atoms with E-state index in [9.17, 15) is 68.1 Å². The number of H-pyrrole nitrogens is 2. The zero-order chi connectivity index (χ0) is 96.2. The summed E-state index contributed by atoms with van der Waals surface area (Å²) >= 11 is 0.797. The molecule has 714 valence electrons. The van der Waals surface area contributed by atoms with Gasteiger partial charge in [0.2, 0.25) is 106 Å². The molecular formula is C88H124N20O22S. The van der Waals surface area contributed by atoms with E-state index in [1.165, 1.54) is 40.1 Å². The van der Waals surface area contributed by atoms with Crippen molar-refractivity contribution in [2.45, 2.75) is 228 Å². The maximum atomic E-state index is 15.7. The fourth-order valence-electron chi connectivity index (χ4n) is 16.0. The van der Waals surface area contributed by atoms with E-state index >= 15 is 33.6 Å². The predicted molar refractivity (Wildman–Crippen MR) is 479 cm³/mol. The highest BCUT2D eigenvalue weighted by Crippen LogP contribution is 2.28. The molecule has 43 heteroatoms. The molecule has 0 radical (unpaired) electrons. The Morgan fingerprint density at radius 1 is 0.527 bits per heavy atom. The van der Waals surface area contributed by atoms with Gasteiger partial charge in [-0.15, -0.1) is 11.8 Å². The van der Waals surface area contributed by atoms with Gasteiger partial charge in [-0.25, -0.2) is 0 Å². The van der Waals surface area contributed by atoms with Crippen LogP contribution < -0.4 is 75.1 Å². The first kappa shape index (κ1) is 104. The number of aromatic amines is 2. The van der Waals surface area contributed by atoms with Crippen molar-refractivity contribution in [3.05, 3.63) is 102 Å². The Kier molecular flexibility index (Phi) is 39.0. The van der Waals surface area contributed by atoms with Crippen LogP contribution in [0.3, 0.4) is 0 Å². The summed E-state index contributed by atoms with van der Waals surface area (Å²) in [5.41, 5.74) is 19.3. The summed E-state index contributed by atoms with van der Waals surface area (Å²) in [6.45, 7) is 4.72. The summed E-state index contributed by atoms with van der Waals surface area (Å²) < 4.78 is 5.33. The monoisotopic (exact) mass is 1840 g/mol. The number of aliphatic hydroxyl groups is 3. The third-order valence-electron chi connectivity index (χ3n) is 23.4. The number of thioether (sulfide) groups is 1. The number of benzene rings is 3. The second-order valence-corrected chi connectivity index (χ2v) is 34.6. The van der Waals surface area contributed by atoms with E-state index in [1.54, 1.807) is 99.0 Å². The Morgan fingerprint density at radius 3 is 1.60 bits per heavy atom. The summed E-state index contributed by atoms with van der Waals surface area (Å²) in [5.74, 6) is -18.6. The van der Waals surface area contributed by atoms with Crippen LogP contribution in [-0.2, 0) is 106 Å². The fraction of sp³-hybridized carbons (Fsp3) is 0.545. The number of aliphatic hydroxyl groups excluding tert-OH is 3. The number of amides is 18. The largest absolute Gasteiger partial charge is 0.497 e. The van der Waals surface area contributed by atoms with Crippen LogP contribution in [0.15, 0.2) is 85.2 Å². The first-order valence-corrected chi connectivity index (χ1v) is 44.9. The van der Waals surface area contributed by atoms with Crippen molar-refractivity contribution in [2.75, 3.05) is 72.6 Å². The highest BCUT2D eigenvalue weighted by atomic mass is 32.2. The third-order valence-corrected chi connectivity index (χ3v) is 24.5. The van der Waals surface area contributed by atoms with Gasteiger partial charge in [-0.1, -0.05) is 102 Å². The van der Waals surface area contributed by atoms with E-state index in [-0.39, 0.29) is 63.8 Å². The van der Waals surface area contributed by atoms with Crippen LogP contribution in [0, 0.1) is 5.92 Å². The minimum Gasteiger partial charge on any atom is -0.497 e. The Hall–Kier alpha value is -12.8. The van der Waals surface area contributed by atoms with Crippen LogP contribution in [0.4, 0.5) is 0 Å². The van der Waals surface area contributed by atoms with Gasteiger partial charge in [-0.3, -0.25) is 86.3 Å². The first-order valence-electron chi connectivity index (χ1n) is 43.8. The van der Waals surface area contributed by atoms with Crippen molar-refractivity contribution in [1.82, 2.24) is 87.6 Å². The zero-order valence-corrected chi connectivity index (χ0v) is 75.9. The molecule has 3 fully saturated rings. The van der Waals surface area contributed by atoms with Crippen molar-refractivity contribution in [2.24, 2.45) is 23.1 Å². The number of primary amides is 3. The molecule has 3 aliphatic heterocycles. The van der Waals surface area contributed by atoms with Crippen LogP contribution in [0.1, 0.15) is 135 Å². The van der Waals surface area contributed by atoms with E-state index in [2.05, 4.69) is 63.1 Å². The van der Waals surface area contributed by atoms with Crippen molar-refractivity contribution in [3.8, 4) is 5.75 Å². The van der Waals surface area contributed by atoms with Crippen molar-refractivity contribution >= 4 is 140 Å². The van der Waals surface area contributed by atoms with E-state index in [0.717, 1.165) is 31.4 Å². The van der Waals surface area contributed by atoms with Crippen molar-refractivity contribution in [1.29, 1.82) is 0 Å². The van der Waals surface area contributed by atoms with Crippen molar-refractivity contribution < 1.29 is 106 Å².